The molecule has 67 heavy (non-hydrogen) atoms. The van der Waals surface area contributed by atoms with E-state index in [2.05, 4.69) is 267 Å². The fourth-order valence-electron chi connectivity index (χ4n) is 9.65. The molecule has 0 unspecified atom stereocenters. The highest BCUT2D eigenvalue weighted by molar-refractivity contribution is 6.89. The van der Waals surface area contributed by atoms with E-state index in [1.54, 1.807) is 0 Å². The van der Waals surface area contributed by atoms with Crippen LogP contribution in [0.3, 0.4) is 0 Å². The van der Waals surface area contributed by atoms with Gasteiger partial charge in [-0.15, -0.1) is 0 Å². The predicted molar refractivity (Wildman–Crippen MR) is 295 cm³/mol. The van der Waals surface area contributed by atoms with Crippen LogP contribution in [0.4, 0.5) is 34.1 Å². The molecule has 10 aromatic carbocycles. The van der Waals surface area contributed by atoms with Crippen LogP contribution in [0.5, 0.6) is 0 Å². The minimum absolute atomic E-state index is 0.881. The van der Waals surface area contributed by atoms with Gasteiger partial charge in [-0.2, -0.15) is 0 Å². The summed E-state index contributed by atoms with van der Waals surface area (Å²) in [5.41, 5.74) is 13.2. The summed E-state index contributed by atoms with van der Waals surface area (Å²) < 4.78 is 6.83. The van der Waals surface area contributed by atoms with Gasteiger partial charge in [-0.25, -0.2) is 0 Å². The van der Waals surface area contributed by atoms with E-state index in [1.807, 2.05) is 0 Å². The first-order chi connectivity index (χ1) is 32.5. The Morgan fingerprint density at radius 3 is 1.06 bits per heavy atom. The molecule has 0 aliphatic heterocycles. The third-order valence-electron chi connectivity index (χ3n) is 13.3. The summed E-state index contributed by atoms with van der Waals surface area (Å²) in [6, 6.07) is 80.2. The molecule has 0 saturated heterocycles. The minimum atomic E-state index is -1.49. The molecule has 11 rings (SSSR count). The molecule has 5 heteroatoms. The van der Waals surface area contributed by atoms with Gasteiger partial charge in [-0.05, 0) is 118 Å². The van der Waals surface area contributed by atoms with Crippen molar-refractivity contribution < 1.29 is 4.42 Å². The van der Waals surface area contributed by atoms with Crippen LogP contribution in [0.25, 0.3) is 65.7 Å². The molecule has 0 amide bonds. The molecule has 0 N–H and O–H groups in total. The van der Waals surface area contributed by atoms with Gasteiger partial charge in [0, 0.05) is 44.6 Å². The second kappa shape index (κ2) is 16.8. The van der Waals surface area contributed by atoms with Crippen LogP contribution in [0.2, 0.25) is 39.3 Å². The zero-order valence-corrected chi connectivity index (χ0v) is 41.1. The molecule has 3 nitrogen and oxygen atoms in total. The van der Waals surface area contributed by atoms with Crippen molar-refractivity contribution in [2.24, 2.45) is 0 Å². The Labute approximate surface area is 396 Å². The van der Waals surface area contributed by atoms with Gasteiger partial charge in [-0.1, -0.05) is 183 Å². The Morgan fingerprint density at radius 1 is 0.313 bits per heavy atom. The molecular formula is C62H54N2OSi2. The van der Waals surface area contributed by atoms with E-state index in [0.717, 1.165) is 66.8 Å². The second-order valence-electron chi connectivity index (χ2n) is 19.9. The normalized spacial score (nSPS) is 12.0. The highest BCUT2D eigenvalue weighted by Gasteiger charge is 2.23. The highest BCUT2D eigenvalue weighted by atomic mass is 28.3. The molecule has 1 heterocycles. The monoisotopic (exact) mass is 898 g/mol. The number of anilines is 6. The number of hydrogen-bond acceptors (Lipinski definition) is 3. The van der Waals surface area contributed by atoms with E-state index in [-0.39, 0.29) is 0 Å². The van der Waals surface area contributed by atoms with Gasteiger partial charge >= 0.3 is 0 Å². The van der Waals surface area contributed by atoms with Gasteiger partial charge in [0.1, 0.15) is 11.2 Å². The van der Waals surface area contributed by atoms with Crippen molar-refractivity contribution in [3.63, 3.8) is 0 Å². The summed E-state index contributed by atoms with van der Waals surface area (Å²) in [7, 11) is -2.99. The number of para-hydroxylation sites is 2. The van der Waals surface area contributed by atoms with E-state index in [1.165, 1.54) is 43.4 Å². The van der Waals surface area contributed by atoms with Crippen molar-refractivity contribution in [2.75, 3.05) is 9.80 Å². The van der Waals surface area contributed by atoms with Crippen molar-refractivity contribution in [3.05, 3.63) is 218 Å². The molecule has 0 aliphatic rings. The summed E-state index contributed by atoms with van der Waals surface area (Å²) in [6.07, 6.45) is 0. The Morgan fingerprint density at radius 2 is 0.672 bits per heavy atom. The topological polar surface area (TPSA) is 19.6 Å². The number of rotatable bonds is 10. The van der Waals surface area contributed by atoms with E-state index in [4.69, 9.17) is 4.42 Å². The lowest BCUT2D eigenvalue weighted by Crippen LogP contribution is -2.37. The SMILES string of the molecule is C[Si](C)(C)c1ccc(N(c2ccc3cc4c(cc3c2)oc2cc3cc(N(c5ccc([Si](C)(C)C)cc5)c5ccccc5-c5ccccc5)ccc3cc24)c2ccccc2-c2ccccc2)cc1. The van der Waals surface area contributed by atoms with Crippen molar-refractivity contribution in [3.8, 4) is 22.3 Å². The summed E-state index contributed by atoms with van der Waals surface area (Å²) in [6.45, 7) is 14.4. The van der Waals surface area contributed by atoms with Crippen LogP contribution in [0.15, 0.2) is 223 Å². The number of fused-ring (bicyclic) bond motifs is 5. The molecule has 0 fully saturated rings. The van der Waals surface area contributed by atoms with Gasteiger partial charge in [0.15, 0.2) is 0 Å². The first-order valence-corrected chi connectivity index (χ1v) is 30.4. The molecule has 0 bridgehead atoms. The van der Waals surface area contributed by atoms with Gasteiger partial charge in [-0.3, -0.25) is 0 Å². The van der Waals surface area contributed by atoms with Crippen molar-refractivity contribution in [1.82, 2.24) is 0 Å². The molecule has 0 aliphatic carbocycles. The van der Waals surface area contributed by atoms with Crippen LogP contribution in [0, 0.1) is 0 Å². The Bertz CT molecular complexity index is 3350. The molecule has 1 aromatic heterocycles. The lowest BCUT2D eigenvalue weighted by atomic mass is 10.00. The van der Waals surface area contributed by atoms with Gasteiger partial charge in [0.2, 0.25) is 0 Å². The third kappa shape index (κ3) is 8.05. The van der Waals surface area contributed by atoms with E-state index < -0.39 is 16.1 Å². The van der Waals surface area contributed by atoms with E-state index in [0.29, 0.717) is 0 Å². The maximum atomic E-state index is 6.83. The van der Waals surface area contributed by atoms with Crippen LogP contribution >= 0.6 is 0 Å². The highest BCUT2D eigenvalue weighted by Crippen LogP contribution is 2.45. The molecule has 0 spiro atoms. The van der Waals surface area contributed by atoms with Crippen LogP contribution in [-0.2, 0) is 0 Å². The van der Waals surface area contributed by atoms with E-state index >= 15 is 0 Å². The first-order valence-electron chi connectivity index (χ1n) is 23.4. The zero-order valence-electron chi connectivity index (χ0n) is 39.1. The largest absolute Gasteiger partial charge is 0.456 e. The molecule has 326 valence electrons. The smallest absolute Gasteiger partial charge is 0.136 e. The quantitative estimate of drug-likeness (QED) is 0.128. The molecular weight excluding hydrogens is 845 g/mol. The summed E-state index contributed by atoms with van der Waals surface area (Å²) in [4.78, 5) is 4.82. The zero-order chi connectivity index (χ0) is 45.9. The second-order valence-corrected chi connectivity index (χ2v) is 30.0. The van der Waals surface area contributed by atoms with Crippen molar-refractivity contribution in [1.29, 1.82) is 0 Å². The van der Waals surface area contributed by atoms with Crippen LogP contribution < -0.4 is 20.2 Å². The van der Waals surface area contributed by atoms with Crippen molar-refractivity contribution >= 4 is 104 Å². The minimum Gasteiger partial charge on any atom is -0.456 e. The van der Waals surface area contributed by atoms with E-state index in [9.17, 15) is 0 Å². The number of benzene rings is 10. The first kappa shape index (κ1) is 42.2. The van der Waals surface area contributed by atoms with Gasteiger partial charge in [0.05, 0.1) is 27.5 Å². The fraction of sp³-hybridized carbons (Fsp3) is 0.0968. The maximum absolute atomic E-state index is 6.83. The van der Waals surface area contributed by atoms with Gasteiger partial charge in [0.25, 0.3) is 0 Å². The molecule has 0 saturated carbocycles. The maximum Gasteiger partial charge on any atom is 0.136 e. The van der Waals surface area contributed by atoms with Crippen molar-refractivity contribution in [2.45, 2.75) is 39.3 Å². The predicted octanol–water partition coefficient (Wildman–Crippen LogP) is 17.3. The van der Waals surface area contributed by atoms with Crippen LogP contribution in [0.1, 0.15) is 0 Å². The number of furan rings is 1. The average molecular weight is 899 g/mol. The Kier molecular flexibility index (Phi) is 10.6. The molecule has 0 radical (unpaired) electrons. The average Bonchev–Trinajstić information content (AvgIpc) is 3.69. The van der Waals surface area contributed by atoms with Crippen LogP contribution in [-0.4, -0.2) is 16.1 Å². The lowest BCUT2D eigenvalue weighted by molar-refractivity contribution is 0.670. The Hall–Kier alpha value is -7.45. The fourth-order valence-corrected chi connectivity index (χ4v) is 12.0. The third-order valence-corrected chi connectivity index (χ3v) is 17.4. The number of nitrogens with zero attached hydrogens (tertiary/aromatic N) is 2. The number of hydrogen-bond donors (Lipinski definition) is 0. The standard InChI is InChI=1S/C62H54N2OSi2/c1-66(2,3)53-33-29-49(30-34-53)63(59-23-15-13-21-55(59)43-17-9-7-10-18-43)51-27-25-45-39-57-58-40-46-26-28-52(38-48(46)42-62(58)65-61(57)41-47(45)37-51)64(50-31-35-54(36-32-50)67(4,5)6)60-24-16-14-22-56(60)44-19-11-8-12-20-44/h7-42H,1-6H3. The Balaban J connectivity index is 1.02. The molecule has 11 aromatic rings. The van der Waals surface area contributed by atoms with Gasteiger partial charge < -0.3 is 14.2 Å². The molecule has 0 atom stereocenters. The lowest BCUT2D eigenvalue weighted by Gasteiger charge is -2.29. The summed E-state index contributed by atoms with van der Waals surface area (Å²) in [5.74, 6) is 0. The summed E-state index contributed by atoms with van der Waals surface area (Å²) >= 11 is 0. The summed E-state index contributed by atoms with van der Waals surface area (Å²) in [5, 5.41) is 9.74.